The molecule has 0 fully saturated rings. The quantitative estimate of drug-likeness (QED) is 0.178. The van der Waals surface area contributed by atoms with Crippen molar-refractivity contribution in [1.82, 2.24) is 9.97 Å². The average Bonchev–Trinajstić information content (AvgIpc) is 3.57. The molecule has 0 saturated heterocycles. The van der Waals surface area contributed by atoms with Gasteiger partial charge in [0.1, 0.15) is 11.5 Å². The number of ether oxygens (including phenoxy) is 1. The standard InChI is InChI=1S/C53H38N2O/c1-3-16-36(17-4-1)48-34-49(55-52(54-48)38-18-5-2-6-19-38)37-32-30-35(31-33-37)39-20-7-8-21-40(39)43-24-15-28-47-51(43)56-50-29-14-13-27-46(50)53(47)44-25-11-9-22-41(44)42-23-10-12-26-45(42)53/h1-6,9-19,22-34H,7-8,20-21H2. The van der Waals surface area contributed by atoms with Crippen LogP contribution in [0.5, 0.6) is 11.5 Å². The Hall–Kier alpha value is -6.84. The molecule has 8 aromatic rings. The summed E-state index contributed by atoms with van der Waals surface area (Å²) in [6.45, 7) is 0. The lowest BCUT2D eigenvalue weighted by molar-refractivity contribution is 0.434. The molecule has 2 heterocycles. The van der Waals surface area contributed by atoms with Crippen LogP contribution in [0.3, 0.4) is 0 Å². The van der Waals surface area contributed by atoms with E-state index >= 15 is 0 Å². The van der Waals surface area contributed by atoms with E-state index in [-0.39, 0.29) is 0 Å². The second-order valence-corrected chi connectivity index (χ2v) is 15.1. The van der Waals surface area contributed by atoms with Crippen molar-refractivity contribution in [3.8, 4) is 56.5 Å². The molecule has 0 saturated carbocycles. The fourth-order valence-electron chi connectivity index (χ4n) is 9.55. The minimum atomic E-state index is -0.473. The predicted octanol–water partition coefficient (Wildman–Crippen LogP) is 13.4. The van der Waals surface area contributed by atoms with Gasteiger partial charge < -0.3 is 4.74 Å². The highest BCUT2D eigenvalue weighted by molar-refractivity contribution is 5.96. The van der Waals surface area contributed by atoms with Crippen LogP contribution >= 0.6 is 0 Å². The Labute approximate surface area is 327 Å². The molecular formula is C53H38N2O. The molecule has 3 nitrogen and oxygen atoms in total. The summed E-state index contributed by atoms with van der Waals surface area (Å²) in [7, 11) is 0. The van der Waals surface area contributed by atoms with Gasteiger partial charge in [-0.2, -0.15) is 0 Å². The van der Waals surface area contributed by atoms with Crippen LogP contribution in [0.15, 0.2) is 182 Å². The van der Waals surface area contributed by atoms with Crippen LogP contribution in [0.1, 0.15) is 59.1 Å². The molecule has 56 heavy (non-hydrogen) atoms. The van der Waals surface area contributed by atoms with Crippen molar-refractivity contribution in [2.24, 2.45) is 0 Å². The van der Waals surface area contributed by atoms with E-state index in [1.54, 1.807) is 0 Å². The molecule has 0 unspecified atom stereocenters. The van der Waals surface area contributed by atoms with Gasteiger partial charge in [-0.1, -0.05) is 170 Å². The Morgan fingerprint density at radius 1 is 0.393 bits per heavy atom. The molecule has 0 amide bonds. The van der Waals surface area contributed by atoms with Crippen LogP contribution in [0.25, 0.3) is 56.2 Å². The van der Waals surface area contributed by atoms with Crippen LogP contribution in [0.2, 0.25) is 0 Å². The summed E-state index contributed by atoms with van der Waals surface area (Å²) in [6.07, 6.45) is 4.34. The van der Waals surface area contributed by atoms with Gasteiger partial charge in [0.15, 0.2) is 5.82 Å². The highest BCUT2D eigenvalue weighted by Gasteiger charge is 2.51. The summed E-state index contributed by atoms with van der Waals surface area (Å²) in [5, 5.41) is 0. The molecule has 266 valence electrons. The fraction of sp³-hybridized carbons (Fsp3) is 0.0943. The number of fused-ring (bicyclic) bond motifs is 9. The Balaban J connectivity index is 1.05. The van der Waals surface area contributed by atoms with Gasteiger partial charge in [0.2, 0.25) is 0 Å². The predicted molar refractivity (Wildman–Crippen MR) is 227 cm³/mol. The number of aromatic nitrogens is 2. The first-order valence-corrected chi connectivity index (χ1v) is 19.7. The molecule has 0 N–H and O–H groups in total. The normalized spacial score (nSPS) is 14.7. The zero-order valence-corrected chi connectivity index (χ0v) is 31.0. The summed E-state index contributed by atoms with van der Waals surface area (Å²) < 4.78 is 7.09. The van der Waals surface area contributed by atoms with Crippen molar-refractivity contribution in [2.75, 3.05) is 0 Å². The maximum atomic E-state index is 7.09. The Bertz CT molecular complexity index is 2720. The van der Waals surface area contributed by atoms with Crippen molar-refractivity contribution in [2.45, 2.75) is 31.1 Å². The van der Waals surface area contributed by atoms with Gasteiger partial charge >= 0.3 is 0 Å². The van der Waals surface area contributed by atoms with Gasteiger partial charge in [-0.05, 0) is 76.8 Å². The van der Waals surface area contributed by atoms with Gasteiger partial charge in [0, 0.05) is 33.4 Å². The Kier molecular flexibility index (Phi) is 7.67. The highest BCUT2D eigenvalue weighted by Crippen LogP contribution is 2.63. The maximum absolute atomic E-state index is 7.09. The minimum absolute atomic E-state index is 0.473. The molecule has 2 aliphatic carbocycles. The van der Waals surface area contributed by atoms with Crippen LogP contribution in [0, 0.1) is 0 Å². The van der Waals surface area contributed by atoms with E-state index in [0.29, 0.717) is 0 Å². The topological polar surface area (TPSA) is 35.0 Å². The van der Waals surface area contributed by atoms with E-state index in [0.717, 1.165) is 71.1 Å². The first-order valence-electron chi connectivity index (χ1n) is 19.7. The molecule has 1 spiro atoms. The molecule has 0 radical (unpaired) electrons. The van der Waals surface area contributed by atoms with Gasteiger partial charge in [0.25, 0.3) is 0 Å². The van der Waals surface area contributed by atoms with Gasteiger partial charge in [0.05, 0.1) is 16.8 Å². The number of benzene rings is 7. The average molecular weight is 719 g/mol. The largest absolute Gasteiger partial charge is 0.456 e. The Morgan fingerprint density at radius 3 is 1.57 bits per heavy atom. The van der Waals surface area contributed by atoms with Gasteiger partial charge in [-0.15, -0.1) is 0 Å². The van der Waals surface area contributed by atoms with Crippen molar-refractivity contribution >= 4 is 11.1 Å². The molecule has 3 heteroatoms. The van der Waals surface area contributed by atoms with E-state index in [1.807, 2.05) is 24.3 Å². The SMILES string of the molecule is c1ccc(-c2cc(-c3ccc(C4=C(c5cccc6c5Oc5ccccc5C65c6ccccc6-c6ccccc65)CCCC4)cc3)nc(-c3ccccc3)n2)cc1. The monoisotopic (exact) mass is 718 g/mol. The molecule has 0 atom stereocenters. The second kappa shape index (κ2) is 13.2. The molecule has 1 aliphatic heterocycles. The Morgan fingerprint density at radius 2 is 0.893 bits per heavy atom. The summed E-state index contributed by atoms with van der Waals surface area (Å²) >= 11 is 0. The summed E-state index contributed by atoms with van der Waals surface area (Å²) in [5.74, 6) is 2.63. The summed E-state index contributed by atoms with van der Waals surface area (Å²) in [6, 6.07) is 65.2. The maximum Gasteiger partial charge on any atom is 0.160 e. The summed E-state index contributed by atoms with van der Waals surface area (Å²) in [5.41, 5.74) is 17.4. The first-order chi connectivity index (χ1) is 27.8. The van der Waals surface area contributed by atoms with Crippen LogP contribution in [-0.4, -0.2) is 9.97 Å². The second-order valence-electron chi connectivity index (χ2n) is 15.1. The zero-order chi connectivity index (χ0) is 37.1. The van der Waals surface area contributed by atoms with Crippen molar-refractivity contribution in [1.29, 1.82) is 0 Å². The summed E-state index contributed by atoms with van der Waals surface area (Å²) in [4.78, 5) is 10.1. The van der Waals surface area contributed by atoms with E-state index in [9.17, 15) is 0 Å². The van der Waals surface area contributed by atoms with Gasteiger partial charge in [-0.3, -0.25) is 0 Å². The van der Waals surface area contributed by atoms with Gasteiger partial charge in [-0.25, -0.2) is 9.97 Å². The zero-order valence-electron chi connectivity index (χ0n) is 31.0. The smallest absolute Gasteiger partial charge is 0.160 e. The van der Waals surface area contributed by atoms with Crippen molar-refractivity contribution in [3.05, 3.63) is 215 Å². The minimum Gasteiger partial charge on any atom is -0.456 e. The number of allylic oxidation sites excluding steroid dienone is 2. The number of nitrogens with zero attached hydrogens (tertiary/aromatic N) is 2. The lowest BCUT2D eigenvalue weighted by Gasteiger charge is -2.40. The lowest BCUT2D eigenvalue weighted by atomic mass is 9.65. The van der Waals surface area contributed by atoms with Crippen molar-refractivity contribution < 1.29 is 4.74 Å². The number of para-hydroxylation sites is 2. The number of hydrogen-bond donors (Lipinski definition) is 0. The highest BCUT2D eigenvalue weighted by atomic mass is 16.5. The van der Waals surface area contributed by atoms with E-state index in [4.69, 9.17) is 14.7 Å². The number of hydrogen-bond acceptors (Lipinski definition) is 3. The third kappa shape index (κ3) is 5.04. The van der Waals surface area contributed by atoms with Crippen molar-refractivity contribution in [3.63, 3.8) is 0 Å². The first kappa shape index (κ1) is 32.6. The van der Waals surface area contributed by atoms with E-state index in [2.05, 4.69) is 158 Å². The van der Waals surface area contributed by atoms with E-state index < -0.39 is 5.41 Å². The molecule has 7 aromatic carbocycles. The third-order valence-corrected chi connectivity index (χ3v) is 12.0. The third-order valence-electron chi connectivity index (χ3n) is 12.0. The number of rotatable bonds is 5. The molecule has 11 rings (SSSR count). The van der Waals surface area contributed by atoms with Crippen LogP contribution in [0.4, 0.5) is 0 Å². The van der Waals surface area contributed by atoms with Crippen LogP contribution in [-0.2, 0) is 5.41 Å². The fourth-order valence-corrected chi connectivity index (χ4v) is 9.55. The lowest BCUT2D eigenvalue weighted by Crippen LogP contribution is -2.32. The molecule has 0 bridgehead atoms. The van der Waals surface area contributed by atoms with Crippen LogP contribution < -0.4 is 4.74 Å². The molecular weight excluding hydrogens is 681 g/mol. The molecule has 3 aliphatic rings. The van der Waals surface area contributed by atoms with E-state index in [1.165, 1.54) is 55.7 Å². The molecule has 1 aromatic heterocycles.